The molecule has 0 saturated carbocycles. The Labute approximate surface area is 121 Å². The van der Waals surface area contributed by atoms with Gasteiger partial charge >= 0.3 is 0 Å². The SMILES string of the molecule is Cc1nc2ccc(C(=O)CSc3ccccc3)cc2[nH]1. The van der Waals surface area contributed by atoms with Gasteiger partial charge in [0, 0.05) is 10.5 Å². The molecule has 3 rings (SSSR count). The van der Waals surface area contributed by atoms with Gasteiger partial charge in [0.2, 0.25) is 0 Å². The molecule has 20 heavy (non-hydrogen) atoms. The zero-order valence-corrected chi connectivity index (χ0v) is 11.9. The molecule has 0 radical (unpaired) electrons. The minimum atomic E-state index is 0.132. The molecule has 0 aliphatic rings. The number of ketones is 1. The number of hydrogen-bond acceptors (Lipinski definition) is 3. The van der Waals surface area contributed by atoms with Crippen LogP contribution in [-0.2, 0) is 0 Å². The molecule has 3 nitrogen and oxygen atoms in total. The summed E-state index contributed by atoms with van der Waals surface area (Å²) in [5.74, 6) is 1.44. The molecule has 0 amide bonds. The number of nitrogens with zero attached hydrogens (tertiary/aromatic N) is 1. The van der Waals surface area contributed by atoms with Crippen LogP contribution in [0.1, 0.15) is 16.2 Å². The van der Waals surface area contributed by atoms with Crippen molar-refractivity contribution in [3.8, 4) is 0 Å². The molecule has 0 aliphatic carbocycles. The highest BCUT2D eigenvalue weighted by molar-refractivity contribution is 8.00. The topological polar surface area (TPSA) is 45.8 Å². The average molecular weight is 282 g/mol. The summed E-state index contributed by atoms with van der Waals surface area (Å²) in [4.78, 5) is 20.8. The normalized spacial score (nSPS) is 10.8. The van der Waals surface area contributed by atoms with E-state index in [0.29, 0.717) is 5.75 Å². The van der Waals surface area contributed by atoms with E-state index in [-0.39, 0.29) is 5.78 Å². The van der Waals surface area contributed by atoms with E-state index in [0.717, 1.165) is 27.3 Å². The van der Waals surface area contributed by atoms with Gasteiger partial charge in [-0.2, -0.15) is 0 Å². The van der Waals surface area contributed by atoms with Gasteiger partial charge in [-0.05, 0) is 37.3 Å². The van der Waals surface area contributed by atoms with Crippen LogP contribution in [0.5, 0.6) is 0 Å². The summed E-state index contributed by atoms with van der Waals surface area (Å²) >= 11 is 1.56. The van der Waals surface area contributed by atoms with Crippen LogP contribution in [0.15, 0.2) is 53.4 Å². The van der Waals surface area contributed by atoms with Gasteiger partial charge in [-0.25, -0.2) is 4.98 Å². The number of carbonyl (C=O) groups excluding carboxylic acids is 1. The van der Waals surface area contributed by atoms with Gasteiger partial charge in [-0.15, -0.1) is 11.8 Å². The van der Waals surface area contributed by atoms with E-state index >= 15 is 0 Å². The second kappa shape index (κ2) is 5.51. The highest BCUT2D eigenvalue weighted by Gasteiger charge is 2.09. The average Bonchev–Trinajstić information content (AvgIpc) is 2.85. The van der Waals surface area contributed by atoms with Gasteiger partial charge in [0.05, 0.1) is 16.8 Å². The molecule has 0 fully saturated rings. The monoisotopic (exact) mass is 282 g/mol. The number of aromatic nitrogens is 2. The molecular weight excluding hydrogens is 268 g/mol. The molecular formula is C16H14N2OS. The van der Waals surface area contributed by atoms with Crippen LogP contribution in [0, 0.1) is 6.92 Å². The van der Waals surface area contributed by atoms with Crippen molar-refractivity contribution in [2.75, 3.05) is 5.75 Å². The van der Waals surface area contributed by atoms with Gasteiger partial charge in [-0.1, -0.05) is 18.2 Å². The number of aromatic amines is 1. The van der Waals surface area contributed by atoms with Crippen molar-refractivity contribution in [1.82, 2.24) is 9.97 Å². The fourth-order valence-corrected chi connectivity index (χ4v) is 2.87. The molecule has 0 aliphatic heterocycles. The first kappa shape index (κ1) is 12.9. The minimum absolute atomic E-state index is 0.132. The number of fused-ring (bicyclic) bond motifs is 1. The van der Waals surface area contributed by atoms with E-state index in [2.05, 4.69) is 9.97 Å². The maximum absolute atomic E-state index is 12.2. The Hall–Kier alpha value is -2.07. The summed E-state index contributed by atoms with van der Waals surface area (Å²) in [6.45, 7) is 1.91. The lowest BCUT2D eigenvalue weighted by atomic mass is 10.1. The van der Waals surface area contributed by atoms with Gasteiger partial charge in [0.1, 0.15) is 5.82 Å². The molecule has 0 atom stereocenters. The number of H-pyrrole nitrogens is 1. The Morgan fingerprint density at radius 2 is 2.00 bits per heavy atom. The number of aryl methyl sites for hydroxylation is 1. The molecule has 4 heteroatoms. The molecule has 100 valence electrons. The fourth-order valence-electron chi connectivity index (χ4n) is 2.06. The molecule has 0 unspecified atom stereocenters. The number of thioether (sulfide) groups is 1. The zero-order chi connectivity index (χ0) is 13.9. The third-order valence-electron chi connectivity index (χ3n) is 3.04. The van der Waals surface area contributed by atoms with Crippen LogP contribution in [-0.4, -0.2) is 21.5 Å². The highest BCUT2D eigenvalue weighted by atomic mass is 32.2. The Balaban J connectivity index is 1.75. The van der Waals surface area contributed by atoms with Gasteiger partial charge in [-0.3, -0.25) is 4.79 Å². The summed E-state index contributed by atoms with van der Waals surface area (Å²) in [7, 11) is 0. The van der Waals surface area contributed by atoms with Crippen molar-refractivity contribution < 1.29 is 4.79 Å². The summed E-state index contributed by atoms with van der Waals surface area (Å²) in [5.41, 5.74) is 2.54. The first-order valence-corrected chi connectivity index (χ1v) is 7.38. The molecule has 0 spiro atoms. The van der Waals surface area contributed by atoms with Crippen molar-refractivity contribution in [1.29, 1.82) is 0 Å². The van der Waals surface area contributed by atoms with Crippen molar-refractivity contribution in [3.63, 3.8) is 0 Å². The van der Waals surface area contributed by atoms with Gasteiger partial charge in [0.25, 0.3) is 0 Å². The summed E-state index contributed by atoms with van der Waals surface area (Å²) in [6, 6.07) is 15.6. The van der Waals surface area contributed by atoms with Crippen molar-refractivity contribution in [3.05, 3.63) is 59.9 Å². The van der Waals surface area contributed by atoms with E-state index < -0.39 is 0 Å². The largest absolute Gasteiger partial charge is 0.342 e. The number of imidazole rings is 1. The number of benzene rings is 2. The van der Waals surface area contributed by atoms with Crippen LogP contribution < -0.4 is 0 Å². The second-order valence-electron chi connectivity index (χ2n) is 4.58. The highest BCUT2D eigenvalue weighted by Crippen LogP contribution is 2.20. The Morgan fingerprint density at radius 1 is 1.20 bits per heavy atom. The molecule has 0 saturated heterocycles. The molecule has 1 aromatic heterocycles. The number of Topliss-reactive ketones (excluding diaryl/α,β-unsaturated/α-hetero) is 1. The quantitative estimate of drug-likeness (QED) is 0.584. The third kappa shape index (κ3) is 2.75. The number of rotatable bonds is 4. The number of carbonyl (C=O) groups is 1. The minimum Gasteiger partial charge on any atom is -0.342 e. The third-order valence-corrected chi connectivity index (χ3v) is 4.05. The molecule has 1 N–H and O–H groups in total. The summed E-state index contributed by atoms with van der Waals surface area (Å²) in [6.07, 6.45) is 0. The van der Waals surface area contributed by atoms with E-state index in [1.54, 1.807) is 11.8 Å². The van der Waals surface area contributed by atoms with E-state index in [1.165, 1.54) is 0 Å². The summed E-state index contributed by atoms with van der Waals surface area (Å²) in [5, 5.41) is 0. The van der Waals surface area contributed by atoms with Crippen molar-refractivity contribution >= 4 is 28.6 Å². The first-order chi connectivity index (χ1) is 9.72. The van der Waals surface area contributed by atoms with Crippen molar-refractivity contribution in [2.24, 2.45) is 0 Å². The predicted molar refractivity (Wildman–Crippen MR) is 82.3 cm³/mol. The Bertz CT molecular complexity index is 750. The van der Waals surface area contributed by atoms with Crippen LogP contribution in [0.25, 0.3) is 11.0 Å². The lowest BCUT2D eigenvalue weighted by molar-refractivity contribution is 0.102. The second-order valence-corrected chi connectivity index (χ2v) is 5.63. The molecule has 1 heterocycles. The smallest absolute Gasteiger partial charge is 0.173 e. The Kier molecular flexibility index (Phi) is 3.56. The van der Waals surface area contributed by atoms with Crippen LogP contribution in [0.2, 0.25) is 0 Å². The Morgan fingerprint density at radius 3 is 2.80 bits per heavy atom. The van der Waals surface area contributed by atoms with E-state index in [4.69, 9.17) is 0 Å². The molecule has 3 aromatic rings. The lowest BCUT2D eigenvalue weighted by Gasteiger charge is -2.01. The van der Waals surface area contributed by atoms with Gasteiger partial charge in [0.15, 0.2) is 5.78 Å². The van der Waals surface area contributed by atoms with E-state index in [9.17, 15) is 4.79 Å². The van der Waals surface area contributed by atoms with Crippen LogP contribution in [0.4, 0.5) is 0 Å². The van der Waals surface area contributed by atoms with Crippen LogP contribution >= 0.6 is 11.8 Å². The molecule has 0 bridgehead atoms. The van der Waals surface area contributed by atoms with Crippen LogP contribution in [0.3, 0.4) is 0 Å². The maximum Gasteiger partial charge on any atom is 0.173 e. The number of hydrogen-bond donors (Lipinski definition) is 1. The zero-order valence-electron chi connectivity index (χ0n) is 11.1. The van der Waals surface area contributed by atoms with E-state index in [1.807, 2.05) is 55.5 Å². The van der Waals surface area contributed by atoms with Gasteiger partial charge < -0.3 is 4.98 Å². The first-order valence-electron chi connectivity index (χ1n) is 6.40. The predicted octanol–water partition coefficient (Wildman–Crippen LogP) is 3.85. The fraction of sp³-hybridized carbons (Fsp3) is 0.125. The maximum atomic E-state index is 12.2. The standard InChI is InChI=1S/C16H14N2OS/c1-11-17-14-8-7-12(9-15(14)18-11)16(19)10-20-13-5-3-2-4-6-13/h2-9H,10H2,1H3,(H,17,18). The number of nitrogens with one attached hydrogen (secondary N) is 1. The van der Waals surface area contributed by atoms with Crippen molar-refractivity contribution in [2.45, 2.75) is 11.8 Å². The molecule has 2 aromatic carbocycles. The summed E-state index contributed by atoms with van der Waals surface area (Å²) < 4.78 is 0. The lowest BCUT2D eigenvalue weighted by Crippen LogP contribution is -2.02.